The van der Waals surface area contributed by atoms with Gasteiger partial charge in [0.25, 0.3) is 0 Å². The smallest absolute Gasteiger partial charge is 0.314 e. The van der Waals surface area contributed by atoms with E-state index in [1.807, 2.05) is 9.24 Å². The van der Waals surface area contributed by atoms with Crippen molar-refractivity contribution in [3.63, 3.8) is 0 Å². The highest BCUT2D eigenvalue weighted by Crippen LogP contribution is 2.29. The molecule has 0 saturated heterocycles. The molecule has 2 unspecified atom stereocenters. The Hall–Kier alpha value is -1.16. The molecule has 80 valence electrons. The van der Waals surface area contributed by atoms with Gasteiger partial charge in [-0.2, -0.15) is 0 Å². The van der Waals surface area contributed by atoms with E-state index in [0.717, 1.165) is 0 Å². The van der Waals surface area contributed by atoms with Crippen molar-refractivity contribution in [3.8, 4) is 0 Å². The van der Waals surface area contributed by atoms with E-state index in [0.29, 0.717) is 0 Å². The van der Waals surface area contributed by atoms with Crippen LogP contribution >= 0.6 is 9.24 Å². The van der Waals surface area contributed by atoms with E-state index in [4.69, 9.17) is 15.3 Å². The SMILES string of the molecule is O=C(O)CCC(P)(CC(=O)O)C(=O)O. The van der Waals surface area contributed by atoms with Crippen molar-refractivity contribution in [1.82, 2.24) is 0 Å². The molecule has 6 nitrogen and oxygen atoms in total. The summed E-state index contributed by atoms with van der Waals surface area (Å²) in [7, 11) is 1.90. The van der Waals surface area contributed by atoms with Gasteiger partial charge in [-0.15, -0.1) is 9.24 Å². The number of hydrogen-bond donors (Lipinski definition) is 3. The third kappa shape index (κ3) is 4.18. The maximum Gasteiger partial charge on any atom is 0.314 e. The van der Waals surface area contributed by atoms with Crippen LogP contribution in [0.3, 0.4) is 0 Å². The molecule has 3 N–H and O–H groups in total. The molecular formula is C7H11O6P. The first-order chi connectivity index (χ1) is 6.28. The number of aliphatic carboxylic acids is 3. The third-order valence-electron chi connectivity index (χ3n) is 1.68. The van der Waals surface area contributed by atoms with Gasteiger partial charge in [0, 0.05) is 6.42 Å². The Balaban J connectivity index is 4.47. The van der Waals surface area contributed by atoms with Gasteiger partial charge in [0.1, 0.15) is 0 Å². The van der Waals surface area contributed by atoms with Gasteiger partial charge in [0.15, 0.2) is 0 Å². The van der Waals surface area contributed by atoms with Crippen LogP contribution in [0.2, 0.25) is 0 Å². The fraction of sp³-hybridized carbons (Fsp3) is 0.571. The van der Waals surface area contributed by atoms with Crippen LogP contribution in [0.15, 0.2) is 0 Å². The lowest BCUT2D eigenvalue weighted by atomic mass is 9.98. The highest BCUT2D eigenvalue weighted by Gasteiger charge is 2.36. The van der Waals surface area contributed by atoms with Crippen LogP contribution < -0.4 is 0 Å². The number of hydrogen-bond acceptors (Lipinski definition) is 3. The van der Waals surface area contributed by atoms with Gasteiger partial charge in [-0.25, -0.2) is 0 Å². The van der Waals surface area contributed by atoms with Gasteiger partial charge < -0.3 is 15.3 Å². The fourth-order valence-electron chi connectivity index (χ4n) is 0.871. The first-order valence-corrected chi connectivity index (χ1v) is 4.31. The summed E-state index contributed by atoms with van der Waals surface area (Å²) in [6.45, 7) is 0. The lowest BCUT2D eigenvalue weighted by molar-refractivity contribution is -0.147. The van der Waals surface area contributed by atoms with E-state index >= 15 is 0 Å². The van der Waals surface area contributed by atoms with Crippen LogP contribution in [0.5, 0.6) is 0 Å². The molecule has 0 aromatic carbocycles. The van der Waals surface area contributed by atoms with E-state index in [9.17, 15) is 14.4 Å². The maximum atomic E-state index is 10.7. The Kier molecular flexibility index (Phi) is 4.50. The summed E-state index contributed by atoms with van der Waals surface area (Å²) in [6.07, 6.45) is -1.21. The molecule has 0 radical (unpaired) electrons. The minimum Gasteiger partial charge on any atom is -0.481 e. The number of carboxylic acid groups (broad SMARTS) is 3. The summed E-state index contributed by atoms with van der Waals surface area (Å²) in [5.41, 5.74) is 0. The molecule has 2 atom stereocenters. The molecule has 0 aliphatic carbocycles. The average molecular weight is 222 g/mol. The van der Waals surface area contributed by atoms with E-state index < -0.39 is 29.5 Å². The molecule has 0 bridgehead atoms. The van der Waals surface area contributed by atoms with Crippen LogP contribution in [-0.2, 0) is 14.4 Å². The number of rotatable bonds is 6. The highest BCUT2D eigenvalue weighted by molar-refractivity contribution is 7.21. The fourth-order valence-corrected chi connectivity index (χ4v) is 1.19. The minimum atomic E-state index is -1.59. The van der Waals surface area contributed by atoms with E-state index in [1.54, 1.807) is 0 Å². The van der Waals surface area contributed by atoms with E-state index in [1.165, 1.54) is 0 Å². The third-order valence-corrected chi connectivity index (χ3v) is 2.42. The number of carboxylic acids is 3. The van der Waals surface area contributed by atoms with Crippen molar-refractivity contribution in [1.29, 1.82) is 0 Å². The second-order valence-corrected chi connectivity index (χ2v) is 4.03. The summed E-state index contributed by atoms with van der Waals surface area (Å²) < 4.78 is 0. The van der Waals surface area contributed by atoms with Crippen molar-refractivity contribution in [2.45, 2.75) is 24.4 Å². The maximum absolute atomic E-state index is 10.7. The Bertz CT molecular complexity index is 263. The van der Waals surface area contributed by atoms with Crippen molar-refractivity contribution >= 4 is 27.1 Å². The lowest BCUT2D eigenvalue weighted by Crippen LogP contribution is -2.35. The summed E-state index contributed by atoms with van der Waals surface area (Å²) in [6, 6.07) is 0. The molecule has 0 spiro atoms. The average Bonchev–Trinajstić information content (AvgIpc) is 1.99. The van der Waals surface area contributed by atoms with Gasteiger partial charge in [0.2, 0.25) is 0 Å². The Morgan fingerprint density at radius 1 is 1.07 bits per heavy atom. The molecule has 7 heteroatoms. The number of carbonyl (C=O) groups is 3. The van der Waals surface area contributed by atoms with Crippen molar-refractivity contribution < 1.29 is 29.7 Å². The van der Waals surface area contributed by atoms with Crippen LogP contribution in [0.4, 0.5) is 0 Å². The predicted molar refractivity (Wildman–Crippen MR) is 49.2 cm³/mol. The largest absolute Gasteiger partial charge is 0.481 e. The van der Waals surface area contributed by atoms with Crippen LogP contribution in [0.1, 0.15) is 19.3 Å². The van der Waals surface area contributed by atoms with Gasteiger partial charge in [0.05, 0.1) is 11.6 Å². The van der Waals surface area contributed by atoms with Crippen LogP contribution in [-0.4, -0.2) is 38.4 Å². The zero-order valence-electron chi connectivity index (χ0n) is 7.27. The summed E-state index contributed by atoms with van der Waals surface area (Å²) >= 11 is 0. The van der Waals surface area contributed by atoms with Gasteiger partial charge in [-0.1, -0.05) is 0 Å². The van der Waals surface area contributed by atoms with Gasteiger partial charge in [-0.05, 0) is 6.42 Å². The molecular weight excluding hydrogens is 211 g/mol. The van der Waals surface area contributed by atoms with Crippen LogP contribution in [0, 0.1) is 0 Å². The zero-order chi connectivity index (χ0) is 11.4. The monoisotopic (exact) mass is 222 g/mol. The van der Waals surface area contributed by atoms with E-state index in [-0.39, 0.29) is 12.8 Å². The minimum absolute atomic E-state index is 0.228. The molecule has 0 heterocycles. The quantitative estimate of drug-likeness (QED) is 0.546. The molecule has 0 fully saturated rings. The molecule has 0 aromatic heterocycles. The normalized spacial score (nSPS) is 14.4. The van der Waals surface area contributed by atoms with Gasteiger partial charge in [-0.3, -0.25) is 14.4 Å². The standard InChI is InChI=1S/C7H11O6P/c8-4(9)1-2-7(14,6(12)13)3-5(10)11/h1-3,14H2,(H,8,9)(H,10,11)(H,12,13). The Morgan fingerprint density at radius 3 is 1.86 bits per heavy atom. The van der Waals surface area contributed by atoms with Crippen molar-refractivity contribution in [3.05, 3.63) is 0 Å². The molecule has 0 rings (SSSR count). The lowest BCUT2D eigenvalue weighted by Gasteiger charge is -2.21. The summed E-state index contributed by atoms with van der Waals surface area (Å²) in [4.78, 5) is 31.2. The molecule has 14 heavy (non-hydrogen) atoms. The highest BCUT2D eigenvalue weighted by atomic mass is 31.0. The predicted octanol–water partition coefficient (Wildman–Crippen LogP) is 0.0244. The molecule has 0 amide bonds. The first-order valence-electron chi connectivity index (χ1n) is 3.74. The molecule has 0 aliphatic rings. The second kappa shape index (κ2) is 4.91. The topological polar surface area (TPSA) is 112 Å². The van der Waals surface area contributed by atoms with E-state index in [2.05, 4.69) is 0 Å². The zero-order valence-corrected chi connectivity index (χ0v) is 8.42. The van der Waals surface area contributed by atoms with Gasteiger partial charge >= 0.3 is 17.9 Å². The molecule has 0 aromatic rings. The van der Waals surface area contributed by atoms with Crippen molar-refractivity contribution in [2.24, 2.45) is 0 Å². The summed E-state index contributed by atoms with van der Waals surface area (Å²) in [5, 5.41) is 23.9. The second-order valence-electron chi connectivity index (χ2n) is 2.93. The molecule has 0 aliphatic heterocycles. The first kappa shape index (κ1) is 12.8. The Labute approximate surface area is 82.1 Å². The van der Waals surface area contributed by atoms with Crippen LogP contribution in [0.25, 0.3) is 0 Å². The van der Waals surface area contributed by atoms with Crippen molar-refractivity contribution in [2.75, 3.05) is 0 Å². The molecule has 0 saturated carbocycles. The Morgan fingerprint density at radius 2 is 1.57 bits per heavy atom. The summed E-state index contributed by atoms with van der Waals surface area (Å²) in [5.74, 6) is -3.75.